The van der Waals surface area contributed by atoms with Gasteiger partial charge in [-0.3, -0.25) is 4.90 Å². The van der Waals surface area contributed by atoms with Crippen LogP contribution in [0.3, 0.4) is 0 Å². The van der Waals surface area contributed by atoms with Gasteiger partial charge >= 0.3 is 5.97 Å². The maximum Gasteiger partial charge on any atom is 0.341 e. The standard InChI is InChI=1S/C33H39NO6/c1-37-33-12-11-31(16-24(33)19-38-18-22-5-3-2-4-6-22)26-15-23-9-10-25(39-20-27(35)36)29-28(23)32(31,30(33)40-29)13-14-34(26)17-21-7-8-21/h2-6,9-10,21,24,26,30H,7-8,11-20H2,1H3,(H,35,36)/t24-,26-,30-,31?,32?,33?/m1/s1. The molecular formula is C33H39NO6. The van der Waals surface area contributed by atoms with Gasteiger partial charge in [0, 0.05) is 42.0 Å². The predicted molar refractivity (Wildman–Crippen MR) is 148 cm³/mol. The van der Waals surface area contributed by atoms with Crippen molar-refractivity contribution in [1.82, 2.24) is 4.90 Å². The molecule has 3 unspecified atom stereocenters. The first-order valence-electron chi connectivity index (χ1n) is 15.1. The first-order chi connectivity index (χ1) is 19.5. The molecule has 2 aromatic rings. The molecule has 7 aliphatic rings. The second-order valence-electron chi connectivity index (χ2n) is 13.2. The highest BCUT2D eigenvalue weighted by molar-refractivity contribution is 5.69. The molecule has 1 N–H and O–H groups in total. The number of rotatable bonds is 10. The van der Waals surface area contributed by atoms with E-state index in [1.165, 1.54) is 36.1 Å². The summed E-state index contributed by atoms with van der Waals surface area (Å²) in [6.07, 6.45) is 7.81. The van der Waals surface area contributed by atoms with E-state index in [1.807, 2.05) is 19.2 Å². The SMILES string of the molecule is COC12CCC3(C[C@@H]1COCc1ccccc1)[C@H]1Cc4ccc(OCC(=O)O)c5c4C3(CCN1CC1CC1)[C@H]2O5. The van der Waals surface area contributed by atoms with Crippen molar-refractivity contribution in [3.05, 3.63) is 59.2 Å². The fraction of sp³-hybridized carbons (Fsp3) is 0.606. The average Bonchev–Trinajstić information content (AvgIpc) is 3.71. The topological polar surface area (TPSA) is 77.5 Å². The van der Waals surface area contributed by atoms with Crippen LogP contribution in [0.2, 0.25) is 0 Å². The van der Waals surface area contributed by atoms with Crippen LogP contribution in [0.25, 0.3) is 0 Å². The van der Waals surface area contributed by atoms with Crippen LogP contribution in [-0.2, 0) is 32.7 Å². The van der Waals surface area contributed by atoms with Gasteiger partial charge in [-0.25, -0.2) is 4.79 Å². The van der Waals surface area contributed by atoms with Crippen molar-refractivity contribution in [2.45, 2.75) is 74.7 Å². The van der Waals surface area contributed by atoms with Crippen LogP contribution in [0.15, 0.2) is 42.5 Å². The van der Waals surface area contributed by atoms with Crippen LogP contribution in [0.4, 0.5) is 0 Å². The van der Waals surface area contributed by atoms with Crippen molar-refractivity contribution >= 4 is 5.97 Å². The Morgan fingerprint density at radius 1 is 1.12 bits per heavy atom. The molecule has 9 rings (SSSR count). The highest BCUT2D eigenvalue weighted by Gasteiger charge is 2.80. The number of hydrogen-bond donors (Lipinski definition) is 1. The first kappa shape index (κ1) is 25.1. The van der Waals surface area contributed by atoms with Crippen LogP contribution < -0.4 is 9.47 Å². The molecule has 2 spiro atoms. The molecule has 212 valence electrons. The Hall–Kier alpha value is -2.61. The number of nitrogens with zero attached hydrogens (tertiary/aromatic N) is 1. The molecule has 7 nitrogen and oxygen atoms in total. The smallest absolute Gasteiger partial charge is 0.341 e. The molecule has 6 atom stereocenters. The molecular weight excluding hydrogens is 506 g/mol. The normalized spacial score (nSPS) is 36.7. The third kappa shape index (κ3) is 3.31. The minimum atomic E-state index is -0.979. The summed E-state index contributed by atoms with van der Waals surface area (Å²) in [5.74, 6) is 1.42. The molecule has 40 heavy (non-hydrogen) atoms. The summed E-state index contributed by atoms with van der Waals surface area (Å²) < 4.78 is 26.0. The van der Waals surface area contributed by atoms with Gasteiger partial charge in [-0.1, -0.05) is 36.4 Å². The zero-order valence-corrected chi connectivity index (χ0v) is 23.3. The van der Waals surface area contributed by atoms with Crippen molar-refractivity contribution in [2.24, 2.45) is 17.3 Å². The summed E-state index contributed by atoms with van der Waals surface area (Å²) >= 11 is 0. The Labute approximate surface area is 235 Å². The van der Waals surface area contributed by atoms with Gasteiger partial charge in [0.1, 0.15) is 11.7 Å². The molecule has 2 heterocycles. The lowest BCUT2D eigenvalue weighted by Crippen LogP contribution is -2.81. The highest BCUT2D eigenvalue weighted by atomic mass is 16.6. The lowest BCUT2D eigenvalue weighted by molar-refractivity contribution is -0.283. The lowest BCUT2D eigenvalue weighted by Gasteiger charge is -2.74. The van der Waals surface area contributed by atoms with E-state index >= 15 is 0 Å². The minimum absolute atomic E-state index is 0.0789. The second kappa shape index (κ2) is 8.94. The van der Waals surface area contributed by atoms with Crippen molar-refractivity contribution in [3.8, 4) is 11.5 Å². The van der Waals surface area contributed by atoms with E-state index in [4.69, 9.17) is 18.9 Å². The van der Waals surface area contributed by atoms with Gasteiger partial charge in [0.05, 0.1) is 13.2 Å². The number of methoxy groups -OCH3 is 1. The number of aliphatic carboxylic acids is 1. The fourth-order valence-corrected chi connectivity index (χ4v) is 9.88. The number of hydrogen-bond acceptors (Lipinski definition) is 6. The Bertz CT molecular complexity index is 1330. The highest BCUT2D eigenvalue weighted by Crippen LogP contribution is 2.76. The second-order valence-corrected chi connectivity index (χ2v) is 13.2. The van der Waals surface area contributed by atoms with E-state index in [-0.39, 0.29) is 29.5 Å². The van der Waals surface area contributed by atoms with E-state index in [0.29, 0.717) is 25.0 Å². The maximum absolute atomic E-state index is 11.4. The Balaban J connectivity index is 1.21. The molecule has 2 aromatic carbocycles. The monoisotopic (exact) mass is 545 g/mol. The van der Waals surface area contributed by atoms with Crippen molar-refractivity contribution in [1.29, 1.82) is 0 Å². The van der Waals surface area contributed by atoms with E-state index in [0.717, 1.165) is 50.3 Å². The number of benzene rings is 2. The number of carboxylic acid groups (broad SMARTS) is 1. The molecule has 5 fully saturated rings. The summed E-state index contributed by atoms with van der Waals surface area (Å²) in [6.45, 7) is 3.15. The van der Waals surface area contributed by atoms with Crippen LogP contribution in [0.5, 0.6) is 11.5 Å². The average molecular weight is 546 g/mol. The molecule has 0 radical (unpaired) electrons. The Morgan fingerprint density at radius 2 is 1.98 bits per heavy atom. The zero-order chi connectivity index (χ0) is 27.1. The maximum atomic E-state index is 11.4. The third-order valence-corrected chi connectivity index (χ3v) is 11.6. The summed E-state index contributed by atoms with van der Waals surface area (Å²) in [5, 5.41) is 9.35. The van der Waals surface area contributed by atoms with Crippen molar-refractivity contribution in [3.63, 3.8) is 0 Å². The quantitative estimate of drug-likeness (QED) is 0.468. The van der Waals surface area contributed by atoms with Crippen molar-refractivity contribution < 1.29 is 28.8 Å². The molecule has 0 aromatic heterocycles. The van der Waals surface area contributed by atoms with E-state index in [2.05, 4.69) is 35.2 Å². The number of carbonyl (C=O) groups is 1. The van der Waals surface area contributed by atoms with Gasteiger partial charge in [0.2, 0.25) is 0 Å². The molecule has 2 aliphatic heterocycles. The molecule has 4 saturated carbocycles. The van der Waals surface area contributed by atoms with E-state index in [9.17, 15) is 9.90 Å². The zero-order valence-electron chi connectivity index (χ0n) is 23.3. The molecule has 1 saturated heterocycles. The summed E-state index contributed by atoms with van der Waals surface area (Å²) in [7, 11) is 1.86. The van der Waals surface area contributed by atoms with Crippen molar-refractivity contribution in [2.75, 3.05) is 33.4 Å². The van der Waals surface area contributed by atoms with E-state index < -0.39 is 11.6 Å². The van der Waals surface area contributed by atoms with Crippen LogP contribution >= 0.6 is 0 Å². The fourth-order valence-electron chi connectivity index (χ4n) is 9.88. The third-order valence-electron chi connectivity index (χ3n) is 11.6. The summed E-state index contributed by atoms with van der Waals surface area (Å²) in [6, 6.07) is 15.0. The van der Waals surface area contributed by atoms with Gasteiger partial charge in [0.15, 0.2) is 18.1 Å². The summed E-state index contributed by atoms with van der Waals surface area (Å²) in [5.41, 5.74) is 3.31. The minimum Gasteiger partial charge on any atom is -0.482 e. The van der Waals surface area contributed by atoms with Gasteiger partial charge in [0.25, 0.3) is 0 Å². The van der Waals surface area contributed by atoms with Gasteiger partial charge < -0.3 is 24.1 Å². The lowest BCUT2D eigenvalue weighted by atomic mass is 9.35. The molecule has 0 amide bonds. The Morgan fingerprint density at radius 3 is 2.75 bits per heavy atom. The van der Waals surface area contributed by atoms with E-state index in [1.54, 1.807) is 0 Å². The largest absolute Gasteiger partial charge is 0.482 e. The van der Waals surface area contributed by atoms with Crippen LogP contribution in [-0.4, -0.2) is 67.1 Å². The van der Waals surface area contributed by atoms with Gasteiger partial charge in [-0.2, -0.15) is 0 Å². The predicted octanol–water partition coefficient (Wildman–Crippen LogP) is 4.59. The summed E-state index contributed by atoms with van der Waals surface area (Å²) in [4.78, 5) is 14.2. The first-order valence-corrected chi connectivity index (χ1v) is 15.1. The van der Waals surface area contributed by atoms with Crippen LogP contribution in [0.1, 0.15) is 55.2 Å². The number of fused-ring (bicyclic) bond motifs is 2. The van der Waals surface area contributed by atoms with Crippen LogP contribution in [0, 0.1) is 17.3 Å². The molecule has 5 aliphatic carbocycles. The number of likely N-dealkylation sites (tertiary alicyclic amines) is 1. The number of carboxylic acids is 1. The Kier molecular flexibility index (Phi) is 5.62. The molecule has 4 bridgehead atoms. The van der Waals surface area contributed by atoms with Gasteiger partial charge in [-0.15, -0.1) is 0 Å². The van der Waals surface area contributed by atoms with Gasteiger partial charge in [-0.05, 0) is 74.6 Å². The number of ether oxygens (including phenoxy) is 4. The molecule has 7 heteroatoms. The number of piperidine rings is 1.